The summed E-state index contributed by atoms with van der Waals surface area (Å²) in [6, 6.07) is 6.21. The second-order valence-electron chi connectivity index (χ2n) is 8.57. The summed E-state index contributed by atoms with van der Waals surface area (Å²) >= 11 is 0. The Hall–Kier alpha value is -0.630. The number of rotatable bonds is 18. The highest BCUT2D eigenvalue weighted by Gasteiger charge is 2.09. The molecule has 0 amide bonds. The van der Waals surface area contributed by atoms with Gasteiger partial charge in [0.15, 0.2) is 0 Å². The van der Waals surface area contributed by atoms with Gasteiger partial charge in [-0.15, -0.1) is 0 Å². The van der Waals surface area contributed by atoms with E-state index in [2.05, 4.69) is 39.0 Å². The zero-order valence-electron chi connectivity index (χ0n) is 19.1. The first-order chi connectivity index (χ1) is 13.7. The van der Waals surface area contributed by atoms with Gasteiger partial charge in [-0.1, -0.05) is 121 Å². The van der Waals surface area contributed by atoms with Gasteiger partial charge in [-0.3, -0.25) is 4.21 Å². The molecule has 1 aromatic carbocycles. The summed E-state index contributed by atoms with van der Waals surface area (Å²) in [5.74, 6) is 0.824. The molecule has 0 spiro atoms. The Morgan fingerprint density at radius 1 is 0.607 bits per heavy atom. The fraction of sp³-hybridized carbons (Fsp3) is 0.769. The summed E-state index contributed by atoms with van der Waals surface area (Å²) < 4.78 is 12.5. The molecule has 0 aliphatic heterocycles. The Balaban J connectivity index is 1.87. The molecule has 28 heavy (non-hydrogen) atoms. The van der Waals surface area contributed by atoms with Crippen molar-refractivity contribution in [1.29, 1.82) is 0 Å². The fourth-order valence-electron chi connectivity index (χ4n) is 4.04. The molecule has 0 fully saturated rings. The van der Waals surface area contributed by atoms with Gasteiger partial charge in [-0.05, 0) is 31.4 Å². The smallest absolute Gasteiger partial charge is 0.0534 e. The maximum atomic E-state index is 12.5. The van der Waals surface area contributed by atoms with Crippen molar-refractivity contribution in [2.45, 2.75) is 128 Å². The monoisotopic (exact) mass is 406 g/mol. The van der Waals surface area contributed by atoms with E-state index in [0.29, 0.717) is 0 Å². The molecule has 0 saturated heterocycles. The van der Waals surface area contributed by atoms with E-state index < -0.39 is 10.8 Å². The Kier molecular flexibility index (Phi) is 15.6. The van der Waals surface area contributed by atoms with Crippen molar-refractivity contribution in [3.05, 3.63) is 29.3 Å². The Morgan fingerprint density at radius 2 is 0.964 bits per heavy atom. The molecule has 1 nitrogen and oxygen atoms in total. The number of hydrogen-bond donors (Lipinski definition) is 0. The van der Waals surface area contributed by atoms with E-state index in [-0.39, 0.29) is 0 Å². The SMILES string of the molecule is CCCCCCCCCCCCCCCCCCS(=O)c1c(C)cccc1C. The van der Waals surface area contributed by atoms with E-state index in [1.54, 1.807) is 0 Å². The number of unbranched alkanes of at least 4 members (excludes halogenated alkanes) is 15. The molecule has 0 N–H and O–H groups in total. The lowest BCUT2D eigenvalue weighted by molar-refractivity contribution is 0.531. The van der Waals surface area contributed by atoms with E-state index in [1.165, 1.54) is 107 Å². The van der Waals surface area contributed by atoms with Crippen molar-refractivity contribution in [2.24, 2.45) is 0 Å². The lowest BCUT2D eigenvalue weighted by Gasteiger charge is -2.09. The van der Waals surface area contributed by atoms with Crippen LogP contribution in [0.15, 0.2) is 23.1 Å². The normalized spacial score (nSPS) is 12.4. The lowest BCUT2D eigenvalue weighted by atomic mass is 10.0. The van der Waals surface area contributed by atoms with Crippen LogP contribution in [-0.2, 0) is 10.8 Å². The minimum Gasteiger partial charge on any atom is -0.254 e. The van der Waals surface area contributed by atoms with Crippen molar-refractivity contribution >= 4 is 10.8 Å². The molecule has 0 aromatic heterocycles. The zero-order valence-corrected chi connectivity index (χ0v) is 19.9. The van der Waals surface area contributed by atoms with Crippen LogP contribution in [0.4, 0.5) is 0 Å². The quantitative estimate of drug-likeness (QED) is 0.223. The summed E-state index contributed by atoms with van der Waals surface area (Å²) in [5, 5.41) is 0. The summed E-state index contributed by atoms with van der Waals surface area (Å²) in [5.41, 5.74) is 2.35. The van der Waals surface area contributed by atoms with Crippen LogP contribution in [0.5, 0.6) is 0 Å². The van der Waals surface area contributed by atoms with Gasteiger partial charge in [-0.2, -0.15) is 0 Å². The molecule has 0 radical (unpaired) electrons. The van der Waals surface area contributed by atoms with Gasteiger partial charge in [0.25, 0.3) is 0 Å². The van der Waals surface area contributed by atoms with Crippen molar-refractivity contribution < 1.29 is 4.21 Å². The topological polar surface area (TPSA) is 17.1 Å². The molecule has 1 unspecified atom stereocenters. The molecule has 162 valence electrons. The Labute approximate surface area is 178 Å². The van der Waals surface area contributed by atoms with E-state index in [0.717, 1.165) is 17.1 Å². The minimum atomic E-state index is -0.824. The van der Waals surface area contributed by atoms with Gasteiger partial charge in [0, 0.05) is 10.6 Å². The Bertz CT molecular complexity index is 503. The molecule has 1 rings (SSSR count). The largest absolute Gasteiger partial charge is 0.254 e. The van der Waals surface area contributed by atoms with Crippen LogP contribution in [-0.4, -0.2) is 9.96 Å². The van der Waals surface area contributed by atoms with Gasteiger partial charge >= 0.3 is 0 Å². The van der Waals surface area contributed by atoms with Gasteiger partial charge in [0.05, 0.1) is 10.8 Å². The molecule has 0 aliphatic rings. The lowest BCUT2D eigenvalue weighted by Crippen LogP contribution is -2.02. The van der Waals surface area contributed by atoms with E-state index in [4.69, 9.17) is 0 Å². The summed E-state index contributed by atoms with van der Waals surface area (Å²) in [7, 11) is -0.824. The molecule has 0 bridgehead atoms. The Morgan fingerprint density at radius 3 is 1.36 bits per heavy atom. The zero-order chi connectivity index (χ0) is 20.5. The maximum absolute atomic E-state index is 12.5. The average molecular weight is 407 g/mol. The molecule has 0 heterocycles. The van der Waals surface area contributed by atoms with Crippen LogP contribution < -0.4 is 0 Å². The molecular formula is C26H46OS. The second kappa shape index (κ2) is 17.2. The number of benzene rings is 1. The highest BCUT2D eigenvalue weighted by molar-refractivity contribution is 7.85. The van der Waals surface area contributed by atoms with Gasteiger partial charge < -0.3 is 0 Å². The molecule has 0 aliphatic carbocycles. The molecular weight excluding hydrogens is 360 g/mol. The molecule has 0 saturated carbocycles. The fourth-order valence-corrected chi connectivity index (χ4v) is 5.57. The van der Waals surface area contributed by atoms with Gasteiger partial charge in [-0.25, -0.2) is 0 Å². The first kappa shape index (κ1) is 25.4. The summed E-state index contributed by atoms with van der Waals surface area (Å²) in [6.07, 6.45) is 22.1. The number of aryl methyl sites for hydroxylation is 2. The van der Waals surface area contributed by atoms with Crippen molar-refractivity contribution in [1.82, 2.24) is 0 Å². The van der Waals surface area contributed by atoms with Crippen molar-refractivity contribution in [3.8, 4) is 0 Å². The summed E-state index contributed by atoms with van der Waals surface area (Å²) in [6.45, 7) is 6.44. The van der Waals surface area contributed by atoms with E-state index >= 15 is 0 Å². The second-order valence-corrected chi connectivity index (χ2v) is 10.1. The van der Waals surface area contributed by atoms with E-state index in [9.17, 15) is 4.21 Å². The minimum absolute atomic E-state index is 0.824. The number of hydrogen-bond acceptors (Lipinski definition) is 1. The third-order valence-electron chi connectivity index (χ3n) is 5.82. The van der Waals surface area contributed by atoms with Gasteiger partial charge in [0.2, 0.25) is 0 Å². The predicted octanol–water partition coefficient (Wildman–Crippen LogP) is 8.67. The highest BCUT2D eigenvalue weighted by atomic mass is 32.2. The predicted molar refractivity (Wildman–Crippen MR) is 127 cm³/mol. The van der Waals surface area contributed by atoms with Gasteiger partial charge in [0.1, 0.15) is 0 Å². The first-order valence-electron chi connectivity index (χ1n) is 12.1. The third kappa shape index (κ3) is 12.0. The van der Waals surface area contributed by atoms with Crippen LogP contribution in [0, 0.1) is 13.8 Å². The highest BCUT2D eigenvalue weighted by Crippen LogP contribution is 2.19. The van der Waals surface area contributed by atoms with E-state index in [1.807, 2.05) is 0 Å². The molecule has 1 aromatic rings. The first-order valence-corrected chi connectivity index (χ1v) is 13.4. The molecule has 2 heteroatoms. The van der Waals surface area contributed by atoms with Crippen LogP contribution in [0.1, 0.15) is 121 Å². The summed E-state index contributed by atoms with van der Waals surface area (Å²) in [4.78, 5) is 1.07. The van der Waals surface area contributed by atoms with Crippen LogP contribution in [0.2, 0.25) is 0 Å². The maximum Gasteiger partial charge on any atom is 0.0534 e. The van der Waals surface area contributed by atoms with Crippen molar-refractivity contribution in [3.63, 3.8) is 0 Å². The van der Waals surface area contributed by atoms with Crippen LogP contribution in [0.3, 0.4) is 0 Å². The average Bonchev–Trinajstić information content (AvgIpc) is 2.67. The molecule has 1 atom stereocenters. The standard InChI is InChI=1S/C26H46OS/c1-4-5-6-7-8-9-10-11-12-13-14-15-16-17-18-19-23-28(27)26-24(2)21-20-22-25(26)3/h20-22H,4-19,23H2,1-3H3. The van der Waals surface area contributed by atoms with Crippen LogP contribution >= 0.6 is 0 Å². The third-order valence-corrected chi connectivity index (χ3v) is 7.58. The van der Waals surface area contributed by atoms with Crippen LogP contribution in [0.25, 0.3) is 0 Å². The van der Waals surface area contributed by atoms with Crippen molar-refractivity contribution in [2.75, 3.05) is 5.75 Å².